The molecule has 19 heavy (non-hydrogen) atoms. The summed E-state index contributed by atoms with van der Waals surface area (Å²) in [5.74, 6) is 0. The molecule has 1 aromatic carbocycles. The lowest BCUT2D eigenvalue weighted by Gasteiger charge is -2.26. The van der Waals surface area contributed by atoms with E-state index in [0.29, 0.717) is 6.10 Å². The number of ether oxygens (including phenoxy) is 1. The monoisotopic (exact) mass is 261 g/mol. The molecule has 1 aliphatic heterocycles. The highest BCUT2D eigenvalue weighted by Crippen LogP contribution is 2.21. The molecule has 2 nitrogen and oxygen atoms in total. The van der Waals surface area contributed by atoms with Crippen LogP contribution in [0.1, 0.15) is 45.1 Å². The Hall–Kier alpha value is -0.860. The number of benzene rings is 1. The van der Waals surface area contributed by atoms with Crippen LogP contribution in [0.2, 0.25) is 0 Å². The van der Waals surface area contributed by atoms with Crippen molar-refractivity contribution in [2.45, 2.75) is 51.0 Å². The van der Waals surface area contributed by atoms with Gasteiger partial charge in [0.25, 0.3) is 0 Å². The zero-order valence-electron chi connectivity index (χ0n) is 12.3. The molecule has 1 saturated heterocycles. The van der Waals surface area contributed by atoms with E-state index in [0.717, 1.165) is 19.7 Å². The Morgan fingerprint density at radius 1 is 1.26 bits per heavy atom. The van der Waals surface area contributed by atoms with Crippen LogP contribution in [-0.4, -0.2) is 25.8 Å². The second-order valence-electron chi connectivity index (χ2n) is 6.20. The highest BCUT2D eigenvalue weighted by atomic mass is 16.5. The molecule has 0 amide bonds. The van der Waals surface area contributed by atoms with E-state index in [1.807, 2.05) is 0 Å². The molecule has 106 valence electrons. The van der Waals surface area contributed by atoms with Gasteiger partial charge in [0, 0.05) is 18.6 Å². The quantitative estimate of drug-likeness (QED) is 0.758. The topological polar surface area (TPSA) is 21.3 Å². The van der Waals surface area contributed by atoms with Crippen molar-refractivity contribution in [1.82, 2.24) is 5.32 Å². The molecule has 1 atom stereocenters. The Bertz CT molecular complexity index is 355. The first-order valence-corrected chi connectivity index (χ1v) is 7.56. The Balaban J connectivity index is 1.64. The van der Waals surface area contributed by atoms with Crippen molar-refractivity contribution in [1.29, 1.82) is 0 Å². The molecule has 1 aliphatic rings. The van der Waals surface area contributed by atoms with E-state index in [1.165, 1.54) is 31.2 Å². The van der Waals surface area contributed by atoms with E-state index in [1.54, 1.807) is 0 Å². The average Bonchev–Trinajstić information content (AvgIpc) is 2.92. The summed E-state index contributed by atoms with van der Waals surface area (Å²) < 4.78 is 5.64. The van der Waals surface area contributed by atoms with Gasteiger partial charge < -0.3 is 10.1 Å². The van der Waals surface area contributed by atoms with Gasteiger partial charge in [0.1, 0.15) is 0 Å². The molecule has 0 radical (unpaired) electrons. The maximum Gasteiger partial charge on any atom is 0.0576 e. The van der Waals surface area contributed by atoms with Crippen molar-refractivity contribution in [2.24, 2.45) is 0 Å². The van der Waals surface area contributed by atoms with Crippen molar-refractivity contribution < 1.29 is 4.74 Å². The van der Waals surface area contributed by atoms with Crippen LogP contribution in [0.4, 0.5) is 0 Å². The first-order chi connectivity index (χ1) is 9.18. The minimum atomic E-state index is 0.200. The second-order valence-corrected chi connectivity index (χ2v) is 6.20. The van der Waals surface area contributed by atoms with E-state index in [4.69, 9.17) is 4.74 Å². The van der Waals surface area contributed by atoms with Gasteiger partial charge in [0.15, 0.2) is 0 Å². The smallest absolute Gasteiger partial charge is 0.0576 e. The summed E-state index contributed by atoms with van der Waals surface area (Å²) >= 11 is 0. The van der Waals surface area contributed by atoms with Gasteiger partial charge in [-0.15, -0.1) is 0 Å². The molecular formula is C17H27NO. The van der Waals surface area contributed by atoms with Crippen LogP contribution in [0.3, 0.4) is 0 Å². The van der Waals surface area contributed by atoms with Crippen LogP contribution in [0.5, 0.6) is 0 Å². The van der Waals surface area contributed by atoms with Gasteiger partial charge in [0.05, 0.1) is 6.10 Å². The molecule has 0 saturated carbocycles. The molecule has 0 bridgehead atoms. The molecule has 1 heterocycles. The fraction of sp³-hybridized carbons (Fsp3) is 0.647. The van der Waals surface area contributed by atoms with Crippen molar-refractivity contribution in [3.8, 4) is 0 Å². The lowest BCUT2D eigenvalue weighted by atomic mass is 9.84. The fourth-order valence-corrected chi connectivity index (χ4v) is 2.72. The van der Waals surface area contributed by atoms with Gasteiger partial charge in [-0.1, -0.05) is 44.2 Å². The second kappa shape index (κ2) is 7.06. The molecule has 1 unspecified atom stereocenters. The zero-order valence-corrected chi connectivity index (χ0v) is 12.3. The van der Waals surface area contributed by atoms with Crippen LogP contribution < -0.4 is 5.32 Å². The molecule has 1 fully saturated rings. The average molecular weight is 261 g/mol. The lowest BCUT2D eigenvalue weighted by Crippen LogP contribution is -2.33. The lowest BCUT2D eigenvalue weighted by molar-refractivity contribution is 0.102. The van der Waals surface area contributed by atoms with Crippen molar-refractivity contribution in [2.75, 3.05) is 19.7 Å². The summed E-state index contributed by atoms with van der Waals surface area (Å²) in [5, 5.41) is 3.59. The van der Waals surface area contributed by atoms with Crippen molar-refractivity contribution >= 4 is 0 Å². The third-order valence-electron chi connectivity index (χ3n) is 4.03. The van der Waals surface area contributed by atoms with E-state index >= 15 is 0 Å². The van der Waals surface area contributed by atoms with Crippen molar-refractivity contribution in [3.63, 3.8) is 0 Å². The highest BCUT2D eigenvalue weighted by molar-refractivity contribution is 5.23. The Labute approximate surface area is 117 Å². The summed E-state index contributed by atoms with van der Waals surface area (Å²) in [6.45, 7) is 7.70. The first kappa shape index (κ1) is 14.5. The van der Waals surface area contributed by atoms with Gasteiger partial charge >= 0.3 is 0 Å². The van der Waals surface area contributed by atoms with E-state index in [-0.39, 0.29) is 5.41 Å². The van der Waals surface area contributed by atoms with Crippen molar-refractivity contribution in [3.05, 3.63) is 35.9 Å². The van der Waals surface area contributed by atoms with E-state index in [2.05, 4.69) is 49.5 Å². The van der Waals surface area contributed by atoms with Gasteiger partial charge in [-0.25, -0.2) is 0 Å². The summed E-state index contributed by atoms with van der Waals surface area (Å²) in [6, 6.07) is 10.7. The van der Waals surface area contributed by atoms with Gasteiger partial charge in [-0.05, 0) is 37.8 Å². The molecule has 1 aromatic rings. The predicted molar refractivity (Wildman–Crippen MR) is 80.5 cm³/mol. The van der Waals surface area contributed by atoms with Crippen LogP contribution in [0, 0.1) is 0 Å². The molecule has 0 spiro atoms. The molecule has 0 aliphatic carbocycles. The molecule has 2 heteroatoms. The predicted octanol–water partition coefficient (Wildman–Crippen LogP) is 3.51. The minimum absolute atomic E-state index is 0.200. The SMILES string of the molecule is CC(C)(CNCCCC1CCCO1)c1ccccc1. The minimum Gasteiger partial charge on any atom is -0.378 e. The Morgan fingerprint density at radius 2 is 2.05 bits per heavy atom. The Morgan fingerprint density at radius 3 is 2.74 bits per heavy atom. The van der Waals surface area contributed by atoms with Crippen LogP contribution >= 0.6 is 0 Å². The molecular weight excluding hydrogens is 234 g/mol. The molecule has 2 rings (SSSR count). The first-order valence-electron chi connectivity index (χ1n) is 7.56. The molecule has 0 aromatic heterocycles. The van der Waals surface area contributed by atoms with Gasteiger partial charge in [-0.3, -0.25) is 0 Å². The third kappa shape index (κ3) is 4.63. The maximum atomic E-state index is 5.64. The van der Waals surface area contributed by atoms with E-state index in [9.17, 15) is 0 Å². The number of hydrogen-bond acceptors (Lipinski definition) is 2. The number of hydrogen-bond donors (Lipinski definition) is 1. The zero-order chi connectivity index (χ0) is 13.6. The summed E-state index contributed by atoms with van der Waals surface area (Å²) in [6.07, 6.45) is 5.46. The third-order valence-corrected chi connectivity index (χ3v) is 4.03. The van der Waals surface area contributed by atoms with Crippen LogP contribution in [0.15, 0.2) is 30.3 Å². The van der Waals surface area contributed by atoms with Crippen LogP contribution in [0.25, 0.3) is 0 Å². The van der Waals surface area contributed by atoms with E-state index < -0.39 is 0 Å². The summed E-state index contributed by atoms with van der Waals surface area (Å²) in [7, 11) is 0. The standard InChI is InChI=1S/C17H27NO/c1-17(2,15-8-4-3-5-9-15)14-18-12-6-10-16-11-7-13-19-16/h3-5,8-9,16,18H,6-7,10-14H2,1-2H3. The fourth-order valence-electron chi connectivity index (χ4n) is 2.72. The highest BCUT2D eigenvalue weighted by Gasteiger charge is 2.19. The summed E-state index contributed by atoms with van der Waals surface area (Å²) in [4.78, 5) is 0. The maximum absolute atomic E-state index is 5.64. The number of rotatable bonds is 7. The summed E-state index contributed by atoms with van der Waals surface area (Å²) in [5.41, 5.74) is 1.60. The van der Waals surface area contributed by atoms with Gasteiger partial charge in [-0.2, -0.15) is 0 Å². The molecule has 1 N–H and O–H groups in total. The van der Waals surface area contributed by atoms with Gasteiger partial charge in [0.2, 0.25) is 0 Å². The number of nitrogens with one attached hydrogen (secondary N) is 1. The normalized spacial score (nSPS) is 19.8. The van der Waals surface area contributed by atoms with Crippen LogP contribution in [-0.2, 0) is 10.2 Å². The Kier molecular flexibility index (Phi) is 5.41. The largest absolute Gasteiger partial charge is 0.378 e.